The Morgan fingerprint density at radius 2 is 2.12 bits per heavy atom. The molecular formula is C11H13BrN2O2S. The SMILES string of the molecule is C#CCN(C)S(=O)(=O)c1cc(N)c(Br)cc1C. The van der Waals surface area contributed by atoms with Crippen LogP contribution in [0.5, 0.6) is 0 Å². The summed E-state index contributed by atoms with van der Waals surface area (Å²) in [6, 6.07) is 3.10. The van der Waals surface area contributed by atoms with Gasteiger partial charge in [0, 0.05) is 17.2 Å². The molecule has 0 atom stereocenters. The van der Waals surface area contributed by atoms with E-state index in [-0.39, 0.29) is 11.4 Å². The Balaban J connectivity index is 3.35. The Morgan fingerprint density at radius 1 is 1.53 bits per heavy atom. The van der Waals surface area contributed by atoms with Crippen molar-refractivity contribution in [3.63, 3.8) is 0 Å². The molecule has 0 aliphatic rings. The van der Waals surface area contributed by atoms with Gasteiger partial charge < -0.3 is 5.73 Å². The van der Waals surface area contributed by atoms with Crippen molar-refractivity contribution in [1.29, 1.82) is 0 Å². The van der Waals surface area contributed by atoms with Crippen molar-refractivity contribution < 1.29 is 8.42 Å². The molecule has 0 aliphatic carbocycles. The molecule has 4 nitrogen and oxygen atoms in total. The lowest BCUT2D eigenvalue weighted by Gasteiger charge is -2.16. The van der Waals surface area contributed by atoms with Crippen LogP contribution in [-0.4, -0.2) is 26.3 Å². The van der Waals surface area contributed by atoms with Gasteiger partial charge in [-0.15, -0.1) is 6.42 Å². The van der Waals surface area contributed by atoms with Crippen LogP contribution in [0, 0.1) is 19.3 Å². The molecular weight excluding hydrogens is 304 g/mol. The number of rotatable bonds is 3. The lowest BCUT2D eigenvalue weighted by atomic mass is 10.2. The van der Waals surface area contributed by atoms with Gasteiger partial charge in [0.1, 0.15) is 0 Å². The molecule has 0 aliphatic heterocycles. The number of sulfonamides is 1. The van der Waals surface area contributed by atoms with Gasteiger partial charge in [-0.1, -0.05) is 5.92 Å². The fraction of sp³-hybridized carbons (Fsp3) is 0.273. The Bertz CT molecular complexity index is 576. The van der Waals surface area contributed by atoms with E-state index in [9.17, 15) is 8.42 Å². The van der Waals surface area contributed by atoms with Crippen LogP contribution in [0.1, 0.15) is 5.56 Å². The molecule has 0 saturated heterocycles. The number of hydrogen-bond acceptors (Lipinski definition) is 3. The van der Waals surface area contributed by atoms with Gasteiger partial charge in [-0.3, -0.25) is 0 Å². The van der Waals surface area contributed by atoms with Gasteiger partial charge in [-0.2, -0.15) is 4.31 Å². The average molecular weight is 317 g/mol. The zero-order chi connectivity index (χ0) is 13.2. The number of nitrogens with two attached hydrogens (primary N) is 1. The lowest BCUT2D eigenvalue weighted by Crippen LogP contribution is -2.28. The van der Waals surface area contributed by atoms with Gasteiger partial charge in [0.25, 0.3) is 0 Å². The first-order chi connectivity index (χ1) is 7.80. The summed E-state index contributed by atoms with van der Waals surface area (Å²) in [6.07, 6.45) is 5.11. The number of benzene rings is 1. The molecule has 0 fully saturated rings. The third kappa shape index (κ3) is 2.80. The summed E-state index contributed by atoms with van der Waals surface area (Å²) >= 11 is 3.25. The van der Waals surface area contributed by atoms with E-state index in [4.69, 9.17) is 12.2 Å². The maximum absolute atomic E-state index is 12.2. The van der Waals surface area contributed by atoms with Gasteiger partial charge >= 0.3 is 0 Å². The molecule has 0 heterocycles. The summed E-state index contributed by atoms with van der Waals surface area (Å²) in [4.78, 5) is 0.177. The highest BCUT2D eigenvalue weighted by Crippen LogP contribution is 2.27. The van der Waals surface area contributed by atoms with Crippen LogP contribution in [0.25, 0.3) is 0 Å². The highest BCUT2D eigenvalue weighted by molar-refractivity contribution is 9.10. The van der Waals surface area contributed by atoms with Crippen molar-refractivity contribution in [3.05, 3.63) is 22.2 Å². The van der Waals surface area contributed by atoms with E-state index in [1.807, 2.05) is 0 Å². The van der Waals surface area contributed by atoms with E-state index in [0.717, 1.165) is 4.31 Å². The second-order valence-electron chi connectivity index (χ2n) is 3.60. The molecule has 0 unspecified atom stereocenters. The zero-order valence-electron chi connectivity index (χ0n) is 9.57. The topological polar surface area (TPSA) is 63.4 Å². The van der Waals surface area contributed by atoms with Gasteiger partial charge in [-0.05, 0) is 40.5 Å². The van der Waals surface area contributed by atoms with E-state index in [2.05, 4.69) is 21.9 Å². The van der Waals surface area contributed by atoms with E-state index in [1.54, 1.807) is 13.0 Å². The van der Waals surface area contributed by atoms with Crippen molar-refractivity contribution in [2.24, 2.45) is 0 Å². The second-order valence-corrected chi connectivity index (χ2v) is 6.47. The number of halogens is 1. The zero-order valence-corrected chi connectivity index (χ0v) is 12.0. The number of aryl methyl sites for hydroxylation is 1. The molecule has 1 rings (SSSR count). The van der Waals surface area contributed by atoms with Crippen LogP contribution in [-0.2, 0) is 10.0 Å². The van der Waals surface area contributed by atoms with Gasteiger partial charge in [-0.25, -0.2) is 8.42 Å². The van der Waals surface area contributed by atoms with Crippen molar-refractivity contribution in [2.75, 3.05) is 19.3 Å². The first kappa shape index (κ1) is 14.0. The number of anilines is 1. The minimum atomic E-state index is -3.58. The molecule has 17 heavy (non-hydrogen) atoms. The average Bonchev–Trinajstić information content (AvgIpc) is 2.23. The normalized spacial score (nSPS) is 11.5. The van der Waals surface area contributed by atoms with Crippen molar-refractivity contribution >= 4 is 31.6 Å². The van der Waals surface area contributed by atoms with E-state index in [0.29, 0.717) is 15.7 Å². The van der Waals surface area contributed by atoms with Crippen molar-refractivity contribution in [1.82, 2.24) is 4.31 Å². The molecule has 0 bridgehead atoms. The minimum Gasteiger partial charge on any atom is -0.398 e. The molecule has 1 aromatic carbocycles. The summed E-state index contributed by atoms with van der Waals surface area (Å²) in [6.45, 7) is 1.73. The van der Waals surface area contributed by atoms with E-state index in [1.165, 1.54) is 13.1 Å². The number of nitrogens with zero attached hydrogens (tertiary/aromatic N) is 1. The molecule has 0 amide bonds. The molecule has 0 aromatic heterocycles. The van der Waals surface area contributed by atoms with Gasteiger partial charge in [0.05, 0.1) is 11.4 Å². The van der Waals surface area contributed by atoms with Crippen LogP contribution in [0.15, 0.2) is 21.5 Å². The first-order valence-corrected chi connectivity index (χ1v) is 6.99. The number of nitrogen functional groups attached to an aromatic ring is 1. The van der Waals surface area contributed by atoms with Crippen LogP contribution in [0.4, 0.5) is 5.69 Å². The summed E-state index contributed by atoms with van der Waals surface area (Å²) in [7, 11) is -2.14. The molecule has 2 N–H and O–H groups in total. The fourth-order valence-corrected chi connectivity index (χ4v) is 3.11. The number of terminal acetylenes is 1. The Hall–Kier alpha value is -1.03. The maximum atomic E-state index is 12.2. The Kier molecular flexibility index (Phi) is 4.20. The molecule has 1 aromatic rings. The molecule has 0 spiro atoms. The third-order valence-electron chi connectivity index (χ3n) is 2.30. The Morgan fingerprint density at radius 3 is 2.65 bits per heavy atom. The van der Waals surface area contributed by atoms with E-state index >= 15 is 0 Å². The maximum Gasteiger partial charge on any atom is 0.244 e. The predicted molar refractivity (Wildman–Crippen MR) is 71.9 cm³/mol. The van der Waals surface area contributed by atoms with Crippen LogP contribution >= 0.6 is 15.9 Å². The molecule has 6 heteroatoms. The van der Waals surface area contributed by atoms with Crippen LogP contribution in [0.2, 0.25) is 0 Å². The van der Waals surface area contributed by atoms with Gasteiger partial charge in [0.15, 0.2) is 0 Å². The smallest absolute Gasteiger partial charge is 0.244 e. The summed E-state index contributed by atoms with van der Waals surface area (Å²) < 4.78 is 26.1. The second kappa shape index (κ2) is 5.08. The molecule has 92 valence electrons. The highest BCUT2D eigenvalue weighted by atomic mass is 79.9. The monoisotopic (exact) mass is 316 g/mol. The first-order valence-electron chi connectivity index (χ1n) is 4.76. The highest BCUT2D eigenvalue weighted by Gasteiger charge is 2.22. The Labute approximate surface area is 110 Å². The predicted octanol–water partition coefficient (Wildman–Crippen LogP) is 1.59. The summed E-state index contributed by atoms with van der Waals surface area (Å²) in [5.74, 6) is 2.30. The molecule has 0 radical (unpaired) electrons. The third-order valence-corrected chi connectivity index (χ3v) is 4.93. The largest absolute Gasteiger partial charge is 0.398 e. The fourth-order valence-electron chi connectivity index (χ4n) is 1.33. The molecule has 0 saturated carbocycles. The quantitative estimate of drug-likeness (QED) is 0.680. The van der Waals surface area contributed by atoms with Crippen LogP contribution < -0.4 is 5.73 Å². The van der Waals surface area contributed by atoms with Gasteiger partial charge in [0.2, 0.25) is 10.0 Å². The van der Waals surface area contributed by atoms with Crippen molar-refractivity contribution in [2.45, 2.75) is 11.8 Å². The summed E-state index contributed by atoms with van der Waals surface area (Å²) in [5.41, 5.74) is 6.69. The minimum absolute atomic E-state index is 0.0255. The van der Waals surface area contributed by atoms with E-state index < -0.39 is 10.0 Å². The van der Waals surface area contributed by atoms with Crippen LogP contribution in [0.3, 0.4) is 0 Å². The standard InChI is InChI=1S/C11H13BrN2O2S/c1-4-5-14(3)17(15,16)11-7-10(13)9(12)6-8(11)2/h1,6-7H,5,13H2,2-3H3. The lowest BCUT2D eigenvalue weighted by molar-refractivity contribution is 0.502. The number of hydrogen-bond donors (Lipinski definition) is 1. The van der Waals surface area contributed by atoms with Crippen molar-refractivity contribution in [3.8, 4) is 12.3 Å². The summed E-state index contributed by atoms with van der Waals surface area (Å²) in [5, 5.41) is 0.